The summed E-state index contributed by atoms with van der Waals surface area (Å²) in [7, 11) is 0. The highest BCUT2D eigenvalue weighted by atomic mass is 19.4. The van der Waals surface area contributed by atoms with Crippen LogP contribution in [0.5, 0.6) is 0 Å². The molecule has 4 N–H and O–H groups in total. The van der Waals surface area contributed by atoms with Gasteiger partial charge in [0.2, 0.25) is 0 Å². The third-order valence-electron chi connectivity index (χ3n) is 8.06. The van der Waals surface area contributed by atoms with E-state index in [4.69, 9.17) is 0 Å². The Morgan fingerprint density at radius 2 is 0.904 bits per heavy atom. The van der Waals surface area contributed by atoms with E-state index in [0.29, 0.717) is 11.1 Å². The molecule has 0 aliphatic heterocycles. The van der Waals surface area contributed by atoms with Crippen molar-refractivity contribution in [1.29, 1.82) is 0 Å². The molecule has 2 atom stereocenters. The highest BCUT2D eigenvalue weighted by molar-refractivity contribution is 5.95. The molecule has 4 aromatic rings. The minimum Gasteiger partial charge on any atom is -0.390 e. The van der Waals surface area contributed by atoms with E-state index in [1.165, 1.54) is 65.8 Å². The summed E-state index contributed by atoms with van der Waals surface area (Å²) in [5.74, 6) is -1.94. The van der Waals surface area contributed by atoms with Crippen molar-refractivity contribution < 1.29 is 46.1 Å². The Balaban J connectivity index is 0.000000280. The van der Waals surface area contributed by atoms with Crippen molar-refractivity contribution >= 4 is 11.6 Å². The largest absolute Gasteiger partial charge is 0.416 e. The van der Waals surface area contributed by atoms with E-state index < -0.39 is 69.2 Å². The molecule has 2 heterocycles. The fraction of sp³-hybridized carbons (Fsp3) is 0.389. The molecule has 0 unspecified atom stereocenters. The lowest BCUT2D eigenvalue weighted by atomic mass is 9.80. The van der Waals surface area contributed by atoms with Crippen LogP contribution in [0, 0.1) is 13.8 Å². The molecule has 2 aromatic heterocycles. The van der Waals surface area contributed by atoms with Gasteiger partial charge in [-0.25, -0.2) is 9.97 Å². The van der Waals surface area contributed by atoms with Crippen LogP contribution in [0.3, 0.4) is 0 Å². The third kappa shape index (κ3) is 11.5. The number of H-pyrrole nitrogens is 2. The molecular formula is C36H38F6N4O6. The lowest BCUT2D eigenvalue weighted by molar-refractivity contribution is -0.138. The molecule has 10 nitrogen and oxygen atoms in total. The smallest absolute Gasteiger partial charge is 0.390 e. The Kier molecular flexibility index (Phi) is 12.5. The van der Waals surface area contributed by atoms with E-state index in [-0.39, 0.29) is 35.9 Å². The van der Waals surface area contributed by atoms with E-state index in [2.05, 4.69) is 19.9 Å². The predicted octanol–water partition coefficient (Wildman–Crippen LogP) is 6.45. The quantitative estimate of drug-likeness (QED) is 0.107. The van der Waals surface area contributed by atoms with Crippen molar-refractivity contribution in [2.75, 3.05) is 0 Å². The second kappa shape index (κ2) is 15.7. The Morgan fingerprint density at radius 1 is 0.615 bits per heavy atom. The summed E-state index contributed by atoms with van der Waals surface area (Å²) in [5, 5.41) is 20.8. The van der Waals surface area contributed by atoms with Crippen molar-refractivity contribution in [2.45, 2.75) is 89.8 Å². The molecule has 0 radical (unpaired) electrons. The molecule has 0 aliphatic rings. The van der Waals surface area contributed by atoms with Crippen LogP contribution in [0.4, 0.5) is 26.3 Å². The molecule has 280 valence electrons. The van der Waals surface area contributed by atoms with Crippen LogP contribution in [0.15, 0.2) is 70.3 Å². The van der Waals surface area contributed by atoms with E-state index in [1.807, 2.05) is 0 Å². The molecule has 0 saturated heterocycles. The number of aromatic nitrogens is 4. The normalized spacial score (nSPS) is 13.5. The fourth-order valence-corrected chi connectivity index (χ4v) is 5.38. The molecule has 0 saturated carbocycles. The molecule has 0 bridgehead atoms. The topological polar surface area (TPSA) is 166 Å². The minimum atomic E-state index is -4.47. The average molecular weight is 737 g/mol. The average Bonchev–Trinajstić information content (AvgIpc) is 3.00. The first-order valence-electron chi connectivity index (χ1n) is 15.8. The number of carbonyl (C=O) groups excluding carboxylic acids is 2. The third-order valence-corrected chi connectivity index (χ3v) is 8.06. The van der Waals surface area contributed by atoms with E-state index in [1.54, 1.807) is 0 Å². The Morgan fingerprint density at radius 3 is 1.13 bits per heavy atom. The number of hydrogen-bond acceptors (Lipinski definition) is 8. The zero-order valence-electron chi connectivity index (χ0n) is 29.0. The van der Waals surface area contributed by atoms with Crippen molar-refractivity contribution in [3.63, 3.8) is 0 Å². The number of benzene rings is 2. The maximum Gasteiger partial charge on any atom is 0.416 e. The summed E-state index contributed by atoms with van der Waals surface area (Å²) < 4.78 is 76.3. The highest BCUT2D eigenvalue weighted by Crippen LogP contribution is 2.37. The number of halogens is 6. The van der Waals surface area contributed by atoms with Crippen LogP contribution in [-0.4, -0.2) is 52.9 Å². The van der Waals surface area contributed by atoms with Crippen molar-refractivity contribution in [2.24, 2.45) is 0 Å². The molecule has 52 heavy (non-hydrogen) atoms. The summed E-state index contributed by atoms with van der Waals surface area (Å²) in [6.07, 6.45) is -9.34. The summed E-state index contributed by atoms with van der Waals surface area (Å²) in [6, 6.07) is 10.7. The number of Topliss-reactive ketones (excluding diaryl/α,β-unsaturated/α-hetero) is 2. The van der Waals surface area contributed by atoms with Gasteiger partial charge in [0.25, 0.3) is 11.1 Å². The molecule has 0 aliphatic carbocycles. The van der Waals surface area contributed by atoms with Crippen LogP contribution < -0.4 is 11.1 Å². The maximum absolute atomic E-state index is 12.7. The number of nitrogens with one attached hydrogen (secondary N) is 2. The van der Waals surface area contributed by atoms with Gasteiger partial charge in [-0.2, -0.15) is 26.3 Å². The SMILES string of the molecule is Cc1nc(C(=O)C[C@@H](c2ccc(C(F)(F)F)cc2)C(C)(C)O)cc(=O)[nH]1.Cc1nc(C(=O)C[C@H](c2ccc(C(F)(F)F)cc2)C(C)(C)O)cc(=O)[nH]1. The van der Waals surface area contributed by atoms with Gasteiger partial charge in [-0.1, -0.05) is 24.3 Å². The molecule has 16 heteroatoms. The van der Waals surface area contributed by atoms with Gasteiger partial charge in [0.1, 0.15) is 23.0 Å². The second-order valence-electron chi connectivity index (χ2n) is 13.3. The van der Waals surface area contributed by atoms with Gasteiger partial charge >= 0.3 is 12.4 Å². The summed E-state index contributed by atoms with van der Waals surface area (Å²) >= 11 is 0. The van der Waals surface area contributed by atoms with Crippen molar-refractivity contribution in [3.8, 4) is 0 Å². The number of carbonyl (C=O) groups is 2. The number of aliphatic hydroxyl groups is 2. The highest BCUT2D eigenvalue weighted by Gasteiger charge is 2.35. The number of alkyl halides is 6. The summed E-state index contributed by atoms with van der Waals surface area (Å²) in [4.78, 5) is 60.8. The zero-order chi connectivity index (χ0) is 39.4. The Bertz CT molecular complexity index is 1840. The monoisotopic (exact) mass is 736 g/mol. The number of rotatable bonds is 10. The van der Waals surface area contributed by atoms with Crippen LogP contribution in [0.2, 0.25) is 0 Å². The number of ketones is 2. The molecule has 0 spiro atoms. The number of aromatic amines is 2. The number of hydrogen-bond donors (Lipinski definition) is 4. The summed E-state index contributed by atoms with van der Waals surface area (Å²) in [5.41, 5.74) is -4.63. The van der Waals surface area contributed by atoms with Crippen LogP contribution >= 0.6 is 0 Å². The zero-order valence-corrected chi connectivity index (χ0v) is 29.0. The Labute approximate surface area is 294 Å². The number of aryl methyl sites for hydroxylation is 2. The predicted molar refractivity (Wildman–Crippen MR) is 178 cm³/mol. The van der Waals surface area contributed by atoms with Gasteiger partial charge in [-0.3, -0.25) is 19.2 Å². The van der Waals surface area contributed by atoms with Crippen LogP contribution in [0.1, 0.15) is 107 Å². The molecule has 4 rings (SSSR count). The van der Waals surface area contributed by atoms with Crippen LogP contribution in [-0.2, 0) is 12.4 Å². The summed E-state index contributed by atoms with van der Waals surface area (Å²) in [6.45, 7) is 8.94. The van der Waals surface area contributed by atoms with Gasteiger partial charge in [0.05, 0.1) is 22.3 Å². The molecule has 0 fully saturated rings. The Hall–Kier alpha value is -4.96. The standard InChI is InChI=1S/2C18H19F3N2O3/c2*1-10-22-14(9-16(25)23-10)15(24)8-13(17(2,3)26)11-4-6-12(7-5-11)18(19,20)21/h2*4-7,9,13,26H,8H2,1-3H3,(H,22,23,25)/t2*13-/m10/s1. The lowest BCUT2D eigenvalue weighted by Crippen LogP contribution is -2.31. The van der Waals surface area contributed by atoms with E-state index >= 15 is 0 Å². The first-order chi connectivity index (χ1) is 23.8. The van der Waals surface area contributed by atoms with Gasteiger partial charge in [-0.05, 0) is 76.9 Å². The van der Waals surface area contributed by atoms with E-state index in [9.17, 15) is 55.7 Å². The van der Waals surface area contributed by atoms with Crippen molar-refractivity contribution in [1.82, 2.24) is 19.9 Å². The van der Waals surface area contributed by atoms with Crippen LogP contribution in [0.25, 0.3) is 0 Å². The van der Waals surface area contributed by atoms with Gasteiger partial charge < -0.3 is 20.2 Å². The minimum absolute atomic E-state index is 0.0487. The van der Waals surface area contributed by atoms with Gasteiger partial charge in [0.15, 0.2) is 11.6 Å². The maximum atomic E-state index is 12.7. The second-order valence-corrected chi connectivity index (χ2v) is 13.3. The fourth-order valence-electron chi connectivity index (χ4n) is 5.38. The molecule has 0 amide bonds. The van der Waals surface area contributed by atoms with Gasteiger partial charge in [-0.15, -0.1) is 0 Å². The van der Waals surface area contributed by atoms with Gasteiger partial charge in [0, 0.05) is 36.8 Å². The molecule has 2 aromatic carbocycles. The first-order valence-corrected chi connectivity index (χ1v) is 15.8. The number of nitrogens with zero attached hydrogens (tertiary/aromatic N) is 2. The lowest BCUT2D eigenvalue weighted by Gasteiger charge is -2.29. The molecular weight excluding hydrogens is 698 g/mol. The van der Waals surface area contributed by atoms with E-state index in [0.717, 1.165) is 36.4 Å². The van der Waals surface area contributed by atoms with Crippen molar-refractivity contribution in [3.05, 3.63) is 127 Å². The first kappa shape index (κ1) is 41.5.